The molecular weight excluding hydrogens is 698 g/mol. The number of nitrogens with zero attached hydrogens (tertiary/aromatic N) is 3. The topological polar surface area (TPSA) is 3.24 Å². The maximum Gasteiger partial charge on any atom is 0.0784 e. The van der Waals surface area contributed by atoms with Crippen LogP contribution in [-0.4, -0.2) is 98.0 Å². The van der Waals surface area contributed by atoms with Crippen LogP contribution in [-0.2, 0) is 0 Å². The molecule has 0 saturated carbocycles. The molecule has 0 unspecified atom stereocenters. The molecule has 0 aromatic rings. The molecule has 7 heteroatoms. The summed E-state index contributed by atoms with van der Waals surface area (Å²) in [5.41, 5.74) is 0. The number of hydrogen-bond acceptors (Lipinski definition) is 1. The van der Waals surface area contributed by atoms with Gasteiger partial charge in [0, 0.05) is 10.7 Å². The van der Waals surface area contributed by atoms with Crippen LogP contribution < -0.4 is 34.0 Å². The van der Waals surface area contributed by atoms with Crippen molar-refractivity contribution >= 4 is 31.9 Å². The number of hydrogen-bond donors (Lipinski definition) is 0. The van der Waals surface area contributed by atoms with E-state index in [0.29, 0.717) is 0 Å². The lowest BCUT2D eigenvalue weighted by Crippen LogP contribution is -3.00. The maximum absolute atomic E-state index is 3.36. The summed E-state index contributed by atoms with van der Waals surface area (Å²) >= 11 is 6.73. The summed E-state index contributed by atoms with van der Waals surface area (Å²) in [7, 11) is 7.16. The highest BCUT2D eigenvalue weighted by molar-refractivity contribution is 9.09. The lowest BCUT2D eigenvalue weighted by Gasteiger charge is -2.39. The molecular formula is C28H59Br4N3. The molecule has 0 N–H and O–H groups in total. The minimum Gasteiger partial charge on any atom is -1.00 e. The Labute approximate surface area is 258 Å². The van der Waals surface area contributed by atoms with Crippen molar-refractivity contribution in [3.05, 3.63) is 0 Å². The molecule has 0 bridgehead atoms. The van der Waals surface area contributed by atoms with E-state index >= 15 is 0 Å². The van der Waals surface area contributed by atoms with Gasteiger partial charge in [-0.3, -0.25) is 0 Å². The van der Waals surface area contributed by atoms with Gasteiger partial charge in [-0.15, -0.1) is 0 Å². The molecule has 3 nitrogen and oxygen atoms in total. The summed E-state index contributed by atoms with van der Waals surface area (Å²) in [5, 5.41) is 2.31. The van der Waals surface area contributed by atoms with Gasteiger partial charge in [0.25, 0.3) is 0 Å². The maximum atomic E-state index is 3.36. The Bertz CT molecular complexity index is 406. The van der Waals surface area contributed by atoms with Crippen LogP contribution >= 0.6 is 31.9 Å². The van der Waals surface area contributed by atoms with E-state index in [1.165, 1.54) is 158 Å². The van der Waals surface area contributed by atoms with Gasteiger partial charge in [0.05, 0.1) is 53.4 Å². The zero-order chi connectivity index (χ0) is 24.3. The standard InChI is InChI=1S/C17H36N2.C6H13N.C5H10Br2.2BrH/c1-18(12-6-3-7-13-18)16-10-5-11-17-19(2)14-8-4-9-15-19;1-7-5-3-2-4-6-7;6-4-2-1-3-5-7;;/h3-17H2,1-2H3;2-6H2,1H3;1-5H2;2*1H/q+2;;;;/p-2. The largest absolute Gasteiger partial charge is 1.00 e. The average Bonchev–Trinajstić information content (AvgIpc) is 2.81. The van der Waals surface area contributed by atoms with Crippen molar-refractivity contribution in [2.75, 3.05) is 84.2 Å². The average molecular weight is 757 g/mol. The quantitative estimate of drug-likeness (QED) is 0.186. The first-order valence-corrected chi connectivity index (χ1v) is 16.6. The van der Waals surface area contributed by atoms with E-state index in [9.17, 15) is 0 Å². The smallest absolute Gasteiger partial charge is 0.0784 e. The van der Waals surface area contributed by atoms with Crippen LogP contribution in [0.15, 0.2) is 0 Å². The second-order valence-corrected chi connectivity index (χ2v) is 13.2. The first kappa shape index (κ1) is 38.9. The summed E-state index contributed by atoms with van der Waals surface area (Å²) < 4.78 is 2.73. The van der Waals surface area contributed by atoms with Crippen LogP contribution in [0.1, 0.15) is 96.3 Å². The van der Waals surface area contributed by atoms with Crippen LogP contribution in [0.5, 0.6) is 0 Å². The molecule has 3 rings (SSSR count). The van der Waals surface area contributed by atoms with Gasteiger partial charge >= 0.3 is 0 Å². The zero-order valence-corrected chi connectivity index (χ0v) is 29.9. The Hall–Kier alpha value is 1.80. The highest BCUT2D eigenvalue weighted by atomic mass is 79.9. The summed E-state index contributed by atoms with van der Waals surface area (Å²) in [4.78, 5) is 2.39. The van der Waals surface area contributed by atoms with E-state index in [2.05, 4.69) is 57.9 Å². The van der Waals surface area contributed by atoms with Crippen molar-refractivity contribution < 1.29 is 42.9 Å². The van der Waals surface area contributed by atoms with Crippen LogP contribution in [0.3, 0.4) is 0 Å². The van der Waals surface area contributed by atoms with E-state index in [0.717, 1.165) is 10.7 Å². The summed E-state index contributed by atoms with van der Waals surface area (Å²) in [5.74, 6) is 0. The zero-order valence-electron chi connectivity index (χ0n) is 23.5. The fraction of sp³-hybridized carbons (Fsp3) is 1.00. The highest BCUT2D eigenvalue weighted by Gasteiger charge is 2.25. The van der Waals surface area contributed by atoms with Crippen molar-refractivity contribution in [3.8, 4) is 0 Å². The van der Waals surface area contributed by atoms with Gasteiger partial charge in [-0.05, 0) is 104 Å². The van der Waals surface area contributed by atoms with Gasteiger partial charge < -0.3 is 47.8 Å². The molecule has 0 aromatic carbocycles. The Balaban J connectivity index is 0. The fourth-order valence-electron chi connectivity index (χ4n) is 5.58. The molecule has 0 atom stereocenters. The molecule has 3 saturated heterocycles. The third-order valence-corrected chi connectivity index (χ3v) is 9.16. The fourth-order valence-corrected chi connectivity index (χ4v) is 6.37. The molecule has 0 aromatic heterocycles. The first-order valence-electron chi connectivity index (χ1n) is 14.4. The number of likely N-dealkylation sites (tertiary alicyclic amines) is 3. The van der Waals surface area contributed by atoms with Crippen molar-refractivity contribution in [1.82, 2.24) is 4.90 Å². The normalized spacial score (nSPS) is 21.2. The molecule has 3 aliphatic rings. The van der Waals surface area contributed by atoms with Gasteiger partial charge in [-0.2, -0.15) is 0 Å². The van der Waals surface area contributed by atoms with Crippen molar-refractivity contribution in [2.45, 2.75) is 96.3 Å². The van der Waals surface area contributed by atoms with Gasteiger partial charge in [-0.1, -0.05) is 44.7 Å². The van der Waals surface area contributed by atoms with Gasteiger partial charge in [-0.25, -0.2) is 0 Å². The van der Waals surface area contributed by atoms with E-state index in [1.807, 2.05) is 0 Å². The molecule has 0 spiro atoms. The summed E-state index contributed by atoms with van der Waals surface area (Å²) in [6.45, 7) is 11.3. The number of rotatable bonds is 10. The second kappa shape index (κ2) is 24.8. The predicted molar refractivity (Wildman–Crippen MR) is 156 cm³/mol. The van der Waals surface area contributed by atoms with E-state index in [4.69, 9.17) is 0 Å². The number of quaternary nitrogens is 2. The number of unbranched alkanes of at least 4 members (excludes halogenated alkanes) is 4. The van der Waals surface area contributed by atoms with Gasteiger partial charge in [0.2, 0.25) is 0 Å². The summed E-state index contributed by atoms with van der Waals surface area (Å²) in [6.07, 6.45) is 21.4. The first-order chi connectivity index (χ1) is 15.9. The van der Waals surface area contributed by atoms with Crippen LogP contribution in [0.4, 0.5) is 0 Å². The molecule has 0 amide bonds. The number of piperidine rings is 3. The third kappa shape index (κ3) is 21.3. The van der Waals surface area contributed by atoms with Crippen LogP contribution in [0, 0.1) is 0 Å². The van der Waals surface area contributed by atoms with Crippen LogP contribution in [0.2, 0.25) is 0 Å². The number of alkyl halides is 2. The minimum atomic E-state index is 0. The second-order valence-electron chi connectivity index (χ2n) is 11.6. The molecule has 35 heavy (non-hydrogen) atoms. The highest BCUT2D eigenvalue weighted by Crippen LogP contribution is 2.19. The van der Waals surface area contributed by atoms with E-state index in [-0.39, 0.29) is 34.0 Å². The Kier molecular flexibility index (Phi) is 27.6. The van der Waals surface area contributed by atoms with Crippen LogP contribution in [0.25, 0.3) is 0 Å². The Morgan fingerprint density at radius 3 is 1.17 bits per heavy atom. The number of halogens is 4. The lowest BCUT2D eigenvalue weighted by molar-refractivity contribution is -0.916. The monoisotopic (exact) mass is 753 g/mol. The summed E-state index contributed by atoms with van der Waals surface area (Å²) in [6, 6.07) is 0. The molecule has 3 heterocycles. The van der Waals surface area contributed by atoms with E-state index < -0.39 is 0 Å². The van der Waals surface area contributed by atoms with Crippen molar-refractivity contribution in [3.63, 3.8) is 0 Å². The van der Waals surface area contributed by atoms with Gasteiger partial charge in [0.1, 0.15) is 0 Å². The molecule has 3 aliphatic heterocycles. The van der Waals surface area contributed by atoms with Gasteiger partial charge in [0.15, 0.2) is 0 Å². The van der Waals surface area contributed by atoms with Crippen molar-refractivity contribution in [2.24, 2.45) is 0 Å². The van der Waals surface area contributed by atoms with E-state index in [1.54, 1.807) is 0 Å². The minimum absolute atomic E-state index is 0. The SMILES string of the molecule is BrCCCCCBr.CN1CCCCC1.C[N+]1(CCCCC[N+]2(C)CCCCC2)CCCCC1.[Br-].[Br-]. The lowest BCUT2D eigenvalue weighted by atomic mass is 10.1. The molecule has 214 valence electrons. The molecule has 3 fully saturated rings. The Morgan fingerprint density at radius 1 is 0.514 bits per heavy atom. The Morgan fingerprint density at radius 2 is 0.857 bits per heavy atom. The predicted octanol–water partition coefficient (Wildman–Crippen LogP) is 1.47. The molecule has 0 aliphatic carbocycles. The molecule has 0 radical (unpaired) electrons. The van der Waals surface area contributed by atoms with Crippen molar-refractivity contribution in [1.29, 1.82) is 0 Å². The third-order valence-electron chi connectivity index (χ3n) is 8.03.